The summed E-state index contributed by atoms with van der Waals surface area (Å²) in [5.74, 6) is -0.636. The number of hydrogen-bond donors (Lipinski definition) is 0. The van der Waals surface area contributed by atoms with Crippen LogP contribution in [0.5, 0.6) is 0 Å². The molecule has 0 heterocycles. The lowest BCUT2D eigenvalue weighted by Crippen LogP contribution is -2.41. The van der Waals surface area contributed by atoms with Crippen molar-refractivity contribution in [1.82, 2.24) is 4.90 Å². The van der Waals surface area contributed by atoms with Crippen LogP contribution in [-0.2, 0) is 16.8 Å². The first-order valence-corrected chi connectivity index (χ1v) is 9.25. The molecule has 0 aliphatic heterocycles. The summed E-state index contributed by atoms with van der Waals surface area (Å²) >= 11 is 15.5. The van der Waals surface area contributed by atoms with E-state index in [9.17, 15) is 9.18 Å². The van der Waals surface area contributed by atoms with E-state index in [1.165, 1.54) is 0 Å². The third-order valence-electron chi connectivity index (χ3n) is 4.31. The highest BCUT2D eigenvalue weighted by Crippen LogP contribution is 2.33. The molecular weight excluding hydrogens is 428 g/mol. The smallest absolute Gasteiger partial charge is 0.232 e. The summed E-state index contributed by atoms with van der Waals surface area (Å²) < 4.78 is 15.4. The Morgan fingerprint density at radius 3 is 2.48 bits per heavy atom. The predicted octanol–water partition coefficient (Wildman–Crippen LogP) is 6.14. The van der Waals surface area contributed by atoms with Crippen LogP contribution in [0, 0.1) is 12.7 Å². The lowest BCUT2D eigenvalue weighted by Gasteiger charge is -2.31. The zero-order chi connectivity index (χ0) is 18.9. The zero-order valence-electron chi connectivity index (χ0n) is 14.5. The summed E-state index contributed by atoms with van der Waals surface area (Å²) in [6.07, 6.45) is 0. The number of benzene rings is 2. The topological polar surface area (TPSA) is 20.3 Å². The Morgan fingerprint density at radius 1 is 1.20 bits per heavy atom. The molecule has 0 aromatic heterocycles. The highest BCUT2D eigenvalue weighted by molar-refractivity contribution is 9.10. The number of hydrogen-bond acceptors (Lipinski definition) is 1. The van der Waals surface area contributed by atoms with Crippen LogP contribution in [0.25, 0.3) is 0 Å². The van der Waals surface area contributed by atoms with Gasteiger partial charge in [0, 0.05) is 34.2 Å². The van der Waals surface area contributed by atoms with Crippen molar-refractivity contribution in [3.63, 3.8) is 0 Å². The van der Waals surface area contributed by atoms with Crippen LogP contribution in [0.3, 0.4) is 0 Å². The lowest BCUT2D eigenvalue weighted by molar-refractivity contribution is -0.135. The van der Waals surface area contributed by atoms with Gasteiger partial charge in [0.05, 0.1) is 10.4 Å². The van der Waals surface area contributed by atoms with Gasteiger partial charge in [0.1, 0.15) is 5.82 Å². The summed E-state index contributed by atoms with van der Waals surface area (Å²) in [6, 6.07) is 8.68. The molecule has 2 aromatic carbocycles. The van der Waals surface area contributed by atoms with Crippen molar-refractivity contribution in [3.8, 4) is 0 Å². The van der Waals surface area contributed by atoms with E-state index in [1.807, 2.05) is 12.1 Å². The Hall–Kier alpha value is -1.10. The molecule has 134 valence electrons. The number of nitrogens with zero attached hydrogens (tertiary/aromatic N) is 1. The van der Waals surface area contributed by atoms with Gasteiger partial charge >= 0.3 is 0 Å². The molecule has 1 amide bonds. The second-order valence-electron chi connectivity index (χ2n) is 6.53. The Bertz CT molecular complexity index is 823. The molecule has 0 spiro atoms. The summed E-state index contributed by atoms with van der Waals surface area (Å²) in [7, 11) is 1.69. The average Bonchev–Trinajstić information content (AvgIpc) is 2.55. The first-order chi connectivity index (χ1) is 11.6. The maximum atomic E-state index is 14.6. The van der Waals surface area contributed by atoms with E-state index < -0.39 is 11.2 Å². The molecule has 0 aliphatic rings. The first-order valence-electron chi connectivity index (χ1n) is 7.71. The van der Waals surface area contributed by atoms with E-state index in [0.29, 0.717) is 27.7 Å². The standard InChI is InChI=1S/C19H19BrCl2FNO/c1-11-14(21)9-8-13(17(11)23)19(2,3)18(25)24(4)10-12-6-5-7-15(22)16(12)20/h5-9H,10H2,1-4H3. The highest BCUT2D eigenvalue weighted by atomic mass is 79.9. The fourth-order valence-electron chi connectivity index (χ4n) is 2.73. The van der Waals surface area contributed by atoms with Crippen LogP contribution in [0.1, 0.15) is 30.5 Å². The van der Waals surface area contributed by atoms with E-state index in [1.54, 1.807) is 50.9 Å². The maximum Gasteiger partial charge on any atom is 0.232 e. The molecule has 0 aliphatic carbocycles. The molecule has 0 bridgehead atoms. The summed E-state index contributed by atoms with van der Waals surface area (Å²) in [5.41, 5.74) is 0.530. The molecular formula is C19H19BrCl2FNO. The minimum absolute atomic E-state index is 0.194. The largest absolute Gasteiger partial charge is 0.341 e. The van der Waals surface area contributed by atoms with Gasteiger partial charge in [-0.25, -0.2) is 4.39 Å². The quantitative estimate of drug-likeness (QED) is 0.552. The van der Waals surface area contributed by atoms with Crippen molar-refractivity contribution in [2.24, 2.45) is 0 Å². The van der Waals surface area contributed by atoms with E-state index in [2.05, 4.69) is 15.9 Å². The maximum absolute atomic E-state index is 14.6. The average molecular weight is 447 g/mol. The Morgan fingerprint density at radius 2 is 1.84 bits per heavy atom. The molecule has 6 heteroatoms. The van der Waals surface area contributed by atoms with Crippen molar-refractivity contribution in [2.45, 2.75) is 32.7 Å². The fourth-order valence-corrected chi connectivity index (χ4v) is 3.46. The molecule has 2 rings (SSSR count). The molecule has 2 aromatic rings. The van der Waals surface area contributed by atoms with Crippen molar-refractivity contribution in [2.75, 3.05) is 7.05 Å². The third kappa shape index (κ3) is 4.02. The van der Waals surface area contributed by atoms with Gasteiger partial charge in [0.25, 0.3) is 0 Å². The van der Waals surface area contributed by atoms with Crippen molar-refractivity contribution < 1.29 is 9.18 Å². The van der Waals surface area contributed by atoms with Crippen LogP contribution >= 0.6 is 39.1 Å². The molecule has 25 heavy (non-hydrogen) atoms. The van der Waals surface area contributed by atoms with E-state index in [-0.39, 0.29) is 5.91 Å². The number of amides is 1. The SMILES string of the molecule is Cc1c(Cl)ccc(C(C)(C)C(=O)N(C)Cc2cccc(Cl)c2Br)c1F. The highest BCUT2D eigenvalue weighted by Gasteiger charge is 2.35. The van der Waals surface area contributed by atoms with Crippen molar-refractivity contribution in [3.05, 3.63) is 67.4 Å². The normalized spacial score (nSPS) is 11.5. The van der Waals surface area contributed by atoms with Crippen LogP contribution in [-0.4, -0.2) is 17.9 Å². The van der Waals surface area contributed by atoms with Gasteiger partial charge in [-0.1, -0.05) is 41.4 Å². The minimum Gasteiger partial charge on any atom is -0.341 e. The lowest BCUT2D eigenvalue weighted by atomic mass is 9.82. The monoisotopic (exact) mass is 445 g/mol. The molecule has 0 unspecified atom stereocenters. The minimum atomic E-state index is -1.03. The number of carbonyl (C=O) groups excluding carboxylic acids is 1. The van der Waals surface area contributed by atoms with E-state index in [0.717, 1.165) is 10.0 Å². The number of carbonyl (C=O) groups is 1. The third-order valence-corrected chi connectivity index (χ3v) is 6.20. The molecule has 0 N–H and O–H groups in total. The van der Waals surface area contributed by atoms with E-state index >= 15 is 0 Å². The Kier molecular flexibility index (Phi) is 6.18. The molecule has 0 fully saturated rings. The number of likely N-dealkylation sites (N-methyl/N-ethyl adjacent to an activating group) is 1. The summed E-state index contributed by atoms with van der Waals surface area (Å²) in [4.78, 5) is 14.6. The molecule has 0 saturated carbocycles. The second kappa shape index (κ2) is 7.65. The van der Waals surface area contributed by atoms with Crippen LogP contribution < -0.4 is 0 Å². The number of rotatable bonds is 4. The van der Waals surface area contributed by atoms with E-state index in [4.69, 9.17) is 23.2 Å². The molecule has 2 nitrogen and oxygen atoms in total. The van der Waals surface area contributed by atoms with Crippen LogP contribution in [0.2, 0.25) is 10.0 Å². The van der Waals surface area contributed by atoms with Crippen molar-refractivity contribution >= 4 is 45.0 Å². The van der Waals surface area contributed by atoms with Crippen LogP contribution in [0.4, 0.5) is 4.39 Å². The number of halogens is 4. The molecule has 0 atom stereocenters. The molecule has 0 saturated heterocycles. The zero-order valence-corrected chi connectivity index (χ0v) is 17.6. The Labute approximate surface area is 166 Å². The van der Waals surface area contributed by atoms with Crippen molar-refractivity contribution in [1.29, 1.82) is 0 Å². The van der Waals surface area contributed by atoms with Gasteiger partial charge in [-0.05, 0) is 54.4 Å². The van der Waals surface area contributed by atoms with Gasteiger partial charge in [-0.15, -0.1) is 0 Å². The van der Waals surface area contributed by atoms with Gasteiger partial charge in [0.15, 0.2) is 0 Å². The van der Waals surface area contributed by atoms with Crippen LogP contribution in [0.15, 0.2) is 34.8 Å². The van der Waals surface area contributed by atoms with Gasteiger partial charge < -0.3 is 4.90 Å². The molecule has 0 radical (unpaired) electrons. The summed E-state index contributed by atoms with van der Waals surface area (Å²) in [6.45, 7) is 5.39. The van der Waals surface area contributed by atoms with Gasteiger partial charge in [0.2, 0.25) is 5.91 Å². The Balaban J connectivity index is 2.32. The second-order valence-corrected chi connectivity index (χ2v) is 8.14. The fraction of sp³-hybridized carbons (Fsp3) is 0.316. The first kappa shape index (κ1) is 20.2. The predicted molar refractivity (Wildman–Crippen MR) is 105 cm³/mol. The van der Waals surface area contributed by atoms with Gasteiger partial charge in [-0.3, -0.25) is 4.79 Å². The summed E-state index contributed by atoms with van der Waals surface area (Å²) in [5, 5.41) is 0.928. The van der Waals surface area contributed by atoms with Gasteiger partial charge in [-0.2, -0.15) is 0 Å².